The summed E-state index contributed by atoms with van der Waals surface area (Å²) in [6.07, 6.45) is 0.878. The predicted molar refractivity (Wildman–Crippen MR) is 105 cm³/mol. The number of carbonyl (C=O) groups is 2. The van der Waals surface area contributed by atoms with Crippen molar-refractivity contribution < 1.29 is 14.0 Å². The highest BCUT2D eigenvalue weighted by atomic mass is 35.5. The van der Waals surface area contributed by atoms with Gasteiger partial charge in [-0.1, -0.05) is 48.9 Å². The van der Waals surface area contributed by atoms with Gasteiger partial charge in [0.15, 0.2) is 0 Å². The van der Waals surface area contributed by atoms with E-state index in [0.717, 1.165) is 12.0 Å². The first kappa shape index (κ1) is 20.9. The fourth-order valence-corrected chi connectivity index (χ4v) is 2.92. The Labute approximate surface area is 164 Å². The van der Waals surface area contributed by atoms with Crippen molar-refractivity contribution in [2.45, 2.75) is 39.3 Å². The van der Waals surface area contributed by atoms with Crippen LogP contribution in [0.5, 0.6) is 0 Å². The molecule has 6 heteroatoms. The maximum atomic E-state index is 14.1. The number of hydrogen-bond donors (Lipinski definition) is 1. The molecule has 0 spiro atoms. The van der Waals surface area contributed by atoms with E-state index in [9.17, 15) is 14.0 Å². The van der Waals surface area contributed by atoms with Gasteiger partial charge in [0.1, 0.15) is 11.9 Å². The normalized spacial score (nSPS) is 11.7. The first-order valence-electron chi connectivity index (χ1n) is 8.97. The number of carbonyl (C=O) groups excluding carboxylic acids is 2. The molecule has 0 unspecified atom stereocenters. The highest BCUT2D eigenvalue weighted by molar-refractivity contribution is 6.30. The van der Waals surface area contributed by atoms with Gasteiger partial charge in [-0.3, -0.25) is 9.59 Å². The summed E-state index contributed by atoms with van der Waals surface area (Å²) in [5.41, 5.74) is 1.11. The van der Waals surface area contributed by atoms with Gasteiger partial charge in [-0.2, -0.15) is 0 Å². The summed E-state index contributed by atoms with van der Waals surface area (Å²) in [5, 5.41) is 3.33. The third-order valence-electron chi connectivity index (χ3n) is 4.26. The molecule has 1 N–H and O–H groups in total. The van der Waals surface area contributed by atoms with Crippen molar-refractivity contribution in [2.75, 3.05) is 6.54 Å². The summed E-state index contributed by atoms with van der Waals surface area (Å²) in [7, 11) is 0. The predicted octanol–water partition coefficient (Wildman–Crippen LogP) is 3.97. The van der Waals surface area contributed by atoms with Crippen molar-refractivity contribution in [3.8, 4) is 0 Å². The van der Waals surface area contributed by atoms with E-state index in [1.807, 2.05) is 6.92 Å². The lowest BCUT2D eigenvalue weighted by Gasteiger charge is -2.29. The van der Waals surface area contributed by atoms with E-state index in [2.05, 4.69) is 5.32 Å². The maximum Gasteiger partial charge on any atom is 0.242 e. The van der Waals surface area contributed by atoms with Crippen LogP contribution in [0.4, 0.5) is 4.39 Å². The van der Waals surface area contributed by atoms with Gasteiger partial charge in [0, 0.05) is 23.7 Å². The smallest absolute Gasteiger partial charge is 0.242 e. The number of benzene rings is 2. The maximum absolute atomic E-state index is 14.1. The summed E-state index contributed by atoms with van der Waals surface area (Å²) in [6, 6.07) is 12.5. The van der Waals surface area contributed by atoms with Crippen molar-refractivity contribution >= 4 is 23.4 Å². The zero-order chi connectivity index (χ0) is 19.8. The largest absolute Gasteiger partial charge is 0.354 e. The molecule has 0 fully saturated rings. The number of halogens is 2. The van der Waals surface area contributed by atoms with Crippen LogP contribution in [-0.4, -0.2) is 29.3 Å². The molecule has 0 saturated heterocycles. The van der Waals surface area contributed by atoms with E-state index >= 15 is 0 Å². The van der Waals surface area contributed by atoms with Gasteiger partial charge in [-0.25, -0.2) is 4.39 Å². The number of nitrogens with one attached hydrogen (secondary N) is 1. The van der Waals surface area contributed by atoms with Gasteiger partial charge < -0.3 is 10.2 Å². The summed E-state index contributed by atoms with van der Waals surface area (Å²) in [6.45, 7) is 4.15. The monoisotopic (exact) mass is 390 g/mol. The molecule has 0 aromatic heterocycles. The molecule has 0 radical (unpaired) electrons. The van der Waals surface area contributed by atoms with Gasteiger partial charge in [0.2, 0.25) is 11.8 Å². The molecule has 2 aromatic rings. The molecular formula is C21H24ClFN2O2. The Morgan fingerprint density at radius 2 is 1.93 bits per heavy atom. The fraction of sp³-hybridized carbons (Fsp3) is 0.333. The lowest BCUT2D eigenvalue weighted by molar-refractivity contribution is -0.140. The minimum atomic E-state index is -0.720. The summed E-state index contributed by atoms with van der Waals surface area (Å²) >= 11 is 5.99. The zero-order valence-electron chi connectivity index (χ0n) is 15.5. The molecular weight excluding hydrogens is 367 g/mol. The van der Waals surface area contributed by atoms with Crippen LogP contribution < -0.4 is 5.32 Å². The quantitative estimate of drug-likeness (QED) is 0.741. The van der Waals surface area contributed by atoms with Gasteiger partial charge in [0.25, 0.3) is 0 Å². The molecule has 2 rings (SSSR count). The van der Waals surface area contributed by atoms with Gasteiger partial charge in [-0.15, -0.1) is 0 Å². The van der Waals surface area contributed by atoms with Crippen LogP contribution in [0, 0.1) is 5.82 Å². The molecule has 27 heavy (non-hydrogen) atoms. The molecule has 2 aromatic carbocycles. The molecule has 0 bridgehead atoms. The highest BCUT2D eigenvalue weighted by Gasteiger charge is 2.26. The average molecular weight is 391 g/mol. The minimum Gasteiger partial charge on any atom is -0.354 e. The van der Waals surface area contributed by atoms with Crippen LogP contribution in [0.25, 0.3) is 0 Å². The molecule has 144 valence electrons. The molecule has 0 heterocycles. The Kier molecular flexibility index (Phi) is 7.80. The van der Waals surface area contributed by atoms with Gasteiger partial charge in [-0.05, 0) is 37.1 Å². The van der Waals surface area contributed by atoms with Crippen molar-refractivity contribution in [2.24, 2.45) is 0 Å². The van der Waals surface area contributed by atoms with E-state index in [1.54, 1.807) is 49.4 Å². The third-order valence-corrected chi connectivity index (χ3v) is 4.49. The Bertz CT molecular complexity index is 797. The molecule has 1 atom stereocenters. The van der Waals surface area contributed by atoms with E-state index in [4.69, 9.17) is 11.6 Å². The van der Waals surface area contributed by atoms with E-state index < -0.39 is 11.9 Å². The highest BCUT2D eigenvalue weighted by Crippen LogP contribution is 2.16. The standard InChI is InChI=1S/C21H24ClFN2O2/c1-3-11-24-21(27)15(2)25(14-17-8-4-5-10-19(17)23)20(26)13-16-7-6-9-18(22)12-16/h4-10,12,15H,3,11,13-14H2,1-2H3,(H,24,27)/t15-/m1/s1. The lowest BCUT2D eigenvalue weighted by atomic mass is 10.1. The van der Waals surface area contributed by atoms with Crippen LogP contribution in [0.3, 0.4) is 0 Å². The van der Waals surface area contributed by atoms with Crippen molar-refractivity contribution in [1.29, 1.82) is 0 Å². The molecule has 0 aliphatic carbocycles. The van der Waals surface area contributed by atoms with Crippen molar-refractivity contribution in [3.63, 3.8) is 0 Å². The topological polar surface area (TPSA) is 49.4 Å². The average Bonchev–Trinajstić information content (AvgIpc) is 2.64. The second kappa shape index (κ2) is 10.1. The van der Waals surface area contributed by atoms with Gasteiger partial charge >= 0.3 is 0 Å². The van der Waals surface area contributed by atoms with Gasteiger partial charge in [0.05, 0.1) is 6.42 Å². The fourth-order valence-electron chi connectivity index (χ4n) is 2.71. The van der Waals surface area contributed by atoms with E-state index in [1.165, 1.54) is 11.0 Å². The van der Waals surface area contributed by atoms with Crippen LogP contribution in [0.15, 0.2) is 48.5 Å². The van der Waals surface area contributed by atoms with E-state index in [0.29, 0.717) is 17.1 Å². The van der Waals surface area contributed by atoms with Crippen molar-refractivity contribution in [3.05, 3.63) is 70.5 Å². The zero-order valence-corrected chi connectivity index (χ0v) is 16.3. The van der Waals surface area contributed by atoms with Crippen LogP contribution in [0.1, 0.15) is 31.4 Å². The Balaban J connectivity index is 2.23. The van der Waals surface area contributed by atoms with E-state index in [-0.39, 0.29) is 24.8 Å². The lowest BCUT2D eigenvalue weighted by Crippen LogP contribution is -2.48. The first-order valence-corrected chi connectivity index (χ1v) is 9.35. The first-order chi connectivity index (χ1) is 12.9. The Morgan fingerprint density at radius 1 is 1.19 bits per heavy atom. The third kappa shape index (κ3) is 6.07. The molecule has 0 aliphatic rings. The summed E-state index contributed by atoms with van der Waals surface area (Å²) in [4.78, 5) is 26.8. The molecule has 0 saturated carbocycles. The summed E-state index contributed by atoms with van der Waals surface area (Å²) < 4.78 is 14.1. The number of rotatable bonds is 8. The number of nitrogens with zero attached hydrogens (tertiary/aromatic N) is 1. The Hall–Kier alpha value is -2.40. The summed E-state index contributed by atoms with van der Waals surface area (Å²) in [5.74, 6) is -0.925. The minimum absolute atomic E-state index is 0.0206. The molecule has 2 amide bonds. The Morgan fingerprint density at radius 3 is 2.59 bits per heavy atom. The second-order valence-electron chi connectivity index (χ2n) is 6.39. The number of amides is 2. The molecule has 0 aliphatic heterocycles. The number of hydrogen-bond acceptors (Lipinski definition) is 2. The second-order valence-corrected chi connectivity index (χ2v) is 6.82. The SMILES string of the molecule is CCCNC(=O)[C@@H](C)N(Cc1ccccc1F)C(=O)Cc1cccc(Cl)c1. The van der Waals surface area contributed by atoms with Crippen molar-refractivity contribution in [1.82, 2.24) is 10.2 Å². The van der Waals surface area contributed by atoms with Crippen LogP contribution in [-0.2, 0) is 22.6 Å². The van der Waals surface area contributed by atoms with Crippen LogP contribution >= 0.6 is 11.6 Å². The van der Waals surface area contributed by atoms with Crippen LogP contribution in [0.2, 0.25) is 5.02 Å². The molecule has 4 nitrogen and oxygen atoms in total.